The van der Waals surface area contributed by atoms with Gasteiger partial charge in [0.05, 0.1) is 6.10 Å². The number of carbonyl (C=O) groups is 3. The smallest absolute Gasteiger partial charge is 0.374 e. The summed E-state index contributed by atoms with van der Waals surface area (Å²) >= 11 is 5.22. The Morgan fingerprint density at radius 3 is 2.08 bits per heavy atom. The Labute approximate surface area is 79.6 Å². The van der Waals surface area contributed by atoms with Crippen molar-refractivity contribution in [2.75, 3.05) is 0 Å². The van der Waals surface area contributed by atoms with Crippen molar-refractivity contribution in [3.8, 4) is 0 Å². The van der Waals surface area contributed by atoms with E-state index in [4.69, 9.17) is 16.7 Å². The normalized spacial score (nSPS) is 12.3. The van der Waals surface area contributed by atoms with Gasteiger partial charge in [-0.15, -0.1) is 11.6 Å². The maximum Gasteiger partial charge on any atom is 0.374 e. The van der Waals surface area contributed by atoms with Crippen LogP contribution in [0.25, 0.3) is 0 Å². The van der Waals surface area contributed by atoms with Gasteiger partial charge in [-0.3, -0.25) is 4.79 Å². The maximum atomic E-state index is 10.9. The first-order valence-corrected chi connectivity index (χ1v) is 3.91. The lowest BCUT2D eigenvalue weighted by Crippen LogP contribution is -2.33. The van der Waals surface area contributed by atoms with Gasteiger partial charge in [0, 0.05) is 0 Å². The molecule has 0 aromatic heterocycles. The number of halogens is 1. The van der Waals surface area contributed by atoms with Crippen LogP contribution in [0.15, 0.2) is 0 Å². The quantitative estimate of drug-likeness (QED) is 0.309. The predicted molar refractivity (Wildman–Crippen MR) is 43.5 cm³/mol. The summed E-state index contributed by atoms with van der Waals surface area (Å²) in [5.74, 6) is -4.17. The molecule has 74 valence electrons. The maximum absolute atomic E-state index is 10.9. The molecule has 0 fully saturated rings. The Morgan fingerprint density at radius 1 is 1.31 bits per heavy atom. The molecule has 0 bridgehead atoms. The van der Waals surface area contributed by atoms with Crippen molar-refractivity contribution in [1.29, 1.82) is 0 Å². The molecule has 1 unspecified atom stereocenters. The molecule has 0 heterocycles. The predicted octanol–water partition coefficient (Wildman–Crippen LogP) is 0.199. The number of carboxylic acids is 1. The number of rotatable bonds is 4. The summed E-state index contributed by atoms with van der Waals surface area (Å²) < 4.78 is 4.53. The molecule has 0 amide bonds. The molecular weight excluding hydrogens is 200 g/mol. The van der Waals surface area contributed by atoms with Crippen LogP contribution in [-0.4, -0.2) is 34.3 Å². The lowest BCUT2D eigenvalue weighted by atomic mass is 10.3. The molecule has 0 saturated carbocycles. The Morgan fingerprint density at radius 2 is 1.77 bits per heavy atom. The molecule has 0 radical (unpaired) electrons. The first-order chi connectivity index (χ1) is 5.86. The Kier molecular flexibility index (Phi) is 4.40. The molecular formula is C7H9ClO5. The summed E-state index contributed by atoms with van der Waals surface area (Å²) in [5, 5.41) is 6.43. The van der Waals surface area contributed by atoms with E-state index in [1.54, 1.807) is 13.8 Å². The van der Waals surface area contributed by atoms with E-state index in [-0.39, 0.29) is 0 Å². The summed E-state index contributed by atoms with van der Waals surface area (Å²) in [4.78, 5) is 31.6. The molecule has 13 heavy (non-hydrogen) atoms. The number of carboxylic acid groups (broad SMARTS) is 1. The number of esters is 1. The largest absolute Gasteiger partial charge is 0.475 e. The van der Waals surface area contributed by atoms with E-state index in [0.29, 0.717) is 0 Å². The molecule has 0 spiro atoms. The van der Waals surface area contributed by atoms with Crippen LogP contribution in [0, 0.1) is 0 Å². The van der Waals surface area contributed by atoms with E-state index < -0.39 is 29.2 Å². The van der Waals surface area contributed by atoms with E-state index in [0.717, 1.165) is 0 Å². The zero-order valence-electron chi connectivity index (χ0n) is 7.11. The fourth-order valence-corrected chi connectivity index (χ4v) is 0.652. The fourth-order valence-electron chi connectivity index (χ4n) is 0.507. The lowest BCUT2D eigenvalue weighted by molar-refractivity contribution is -0.155. The molecule has 5 nitrogen and oxygen atoms in total. The number of ketones is 1. The molecule has 0 aliphatic carbocycles. The average Bonchev–Trinajstić information content (AvgIpc) is 2.00. The Balaban J connectivity index is 4.26. The van der Waals surface area contributed by atoms with Crippen LogP contribution < -0.4 is 0 Å². The highest BCUT2D eigenvalue weighted by Gasteiger charge is 2.31. The number of Topliss-reactive ketones (excluding diaryl/α,β-unsaturated/α-hetero) is 1. The summed E-state index contributed by atoms with van der Waals surface area (Å²) in [6, 6.07) is 0. The summed E-state index contributed by atoms with van der Waals surface area (Å²) in [6.07, 6.45) is -0.435. The van der Waals surface area contributed by atoms with E-state index in [9.17, 15) is 14.4 Å². The minimum Gasteiger partial charge on any atom is -0.475 e. The van der Waals surface area contributed by atoms with Gasteiger partial charge in [0.2, 0.25) is 5.38 Å². The van der Waals surface area contributed by atoms with Crippen LogP contribution in [0.4, 0.5) is 0 Å². The SMILES string of the molecule is CC(C)OC(=O)C(Cl)C(=O)C(=O)O. The monoisotopic (exact) mass is 208 g/mol. The highest BCUT2D eigenvalue weighted by Crippen LogP contribution is 2.03. The number of alkyl halides is 1. The zero-order valence-corrected chi connectivity index (χ0v) is 7.87. The van der Waals surface area contributed by atoms with Crippen molar-refractivity contribution < 1.29 is 24.2 Å². The van der Waals surface area contributed by atoms with Crippen LogP contribution in [0.5, 0.6) is 0 Å². The Bertz CT molecular complexity index is 235. The topological polar surface area (TPSA) is 80.7 Å². The van der Waals surface area contributed by atoms with E-state index in [1.807, 2.05) is 0 Å². The average molecular weight is 209 g/mol. The lowest BCUT2D eigenvalue weighted by Gasteiger charge is -2.09. The first-order valence-electron chi connectivity index (χ1n) is 3.48. The molecule has 1 atom stereocenters. The van der Waals surface area contributed by atoms with Gasteiger partial charge in [0.1, 0.15) is 0 Å². The van der Waals surface area contributed by atoms with Gasteiger partial charge < -0.3 is 9.84 Å². The fraction of sp³-hybridized carbons (Fsp3) is 0.571. The highest BCUT2D eigenvalue weighted by molar-refractivity contribution is 6.53. The van der Waals surface area contributed by atoms with Crippen LogP contribution in [0.3, 0.4) is 0 Å². The second-order valence-corrected chi connectivity index (χ2v) is 2.95. The molecule has 0 rings (SSSR count). The van der Waals surface area contributed by atoms with Crippen LogP contribution in [0.2, 0.25) is 0 Å². The van der Waals surface area contributed by atoms with Crippen molar-refractivity contribution in [2.45, 2.75) is 25.3 Å². The van der Waals surface area contributed by atoms with Crippen molar-refractivity contribution in [3.63, 3.8) is 0 Å². The van der Waals surface area contributed by atoms with Gasteiger partial charge in [-0.2, -0.15) is 0 Å². The van der Waals surface area contributed by atoms with Crippen molar-refractivity contribution in [2.24, 2.45) is 0 Å². The molecule has 0 aromatic rings. The third kappa shape index (κ3) is 3.89. The van der Waals surface area contributed by atoms with Gasteiger partial charge in [0.15, 0.2) is 0 Å². The van der Waals surface area contributed by atoms with Crippen molar-refractivity contribution in [1.82, 2.24) is 0 Å². The molecule has 0 saturated heterocycles. The van der Waals surface area contributed by atoms with Crippen molar-refractivity contribution in [3.05, 3.63) is 0 Å². The number of aliphatic carboxylic acids is 1. The number of hydrogen-bond donors (Lipinski definition) is 1. The minimum atomic E-state index is -1.76. The second-order valence-electron chi connectivity index (χ2n) is 2.52. The third-order valence-electron chi connectivity index (χ3n) is 1.000. The minimum absolute atomic E-state index is 0.435. The summed E-state index contributed by atoms with van der Waals surface area (Å²) in [5.41, 5.74) is 0. The third-order valence-corrected chi connectivity index (χ3v) is 1.38. The van der Waals surface area contributed by atoms with Crippen LogP contribution in [0.1, 0.15) is 13.8 Å². The van der Waals surface area contributed by atoms with Crippen LogP contribution in [-0.2, 0) is 19.1 Å². The Hall–Kier alpha value is -1.10. The van der Waals surface area contributed by atoms with Gasteiger partial charge in [0.25, 0.3) is 5.78 Å². The summed E-state index contributed by atoms with van der Waals surface area (Å²) in [7, 11) is 0. The van der Waals surface area contributed by atoms with Gasteiger partial charge in [-0.05, 0) is 13.8 Å². The highest BCUT2D eigenvalue weighted by atomic mass is 35.5. The van der Waals surface area contributed by atoms with Crippen LogP contribution >= 0.6 is 11.6 Å². The zero-order chi connectivity index (χ0) is 10.6. The van der Waals surface area contributed by atoms with Gasteiger partial charge in [-0.25, -0.2) is 9.59 Å². The number of ether oxygens (including phenoxy) is 1. The molecule has 0 aromatic carbocycles. The molecule has 0 aliphatic heterocycles. The van der Waals surface area contributed by atoms with Crippen molar-refractivity contribution >= 4 is 29.3 Å². The standard InChI is InChI=1S/C7H9ClO5/c1-3(2)13-7(12)4(8)5(9)6(10)11/h3-4H,1-2H3,(H,10,11). The van der Waals surface area contributed by atoms with E-state index in [1.165, 1.54) is 0 Å². The van der Waals surface area contributed by atoms with E-state index in [2.05, 4.69) is 4.74 Å². The second kappa shape index (κ2) is 4.81. The first kappa shape index (κ1) is 11.9. The van der Waals surface area contributed by atoms with Gasteiger partial charge >= 0.3 is 11.9 Å². The number of carbonyl (C=O) groups excluding carboxylic acids is 2. The van der Waals surface area contributed by atoms with E-state index >= 15 is 0 Å². The summed E-state index contributed by atoms with van der Waals surface area (Å²) in [6.45, 7) is 3.12. The molecule has 6 heteroatoms. The van der Waals surface area contributed by atoms with Gasteiger partial charge in [-0.1, -0.05) is 0 Å². The molecule has 0 aliphatic rings. The molecule has 1 N–H and O–H groups in total. The number of hydrogen-bond acceptors (Lipinski definition) is 4.